The van der Waals surface area contributed by atoms with Crippen molar-refractivity contribution in [3.05, 3.63) is 16.3 Å². The molecule has 1 aromatic rings. The van der Waals surface area contributed by atoms with Gasteiger partial charge in [-0.2, -0.15) is 5.10 Å². The molecule has 0 bridgehead atoms. The summed E-state index contributed by atoms with van der Waals surface area (Å²) in [6.07, 6.45) is 1.77. The van der Waals surface area contributed by atoms with Crippen LogP contribution in [0, 0.1) is 10.1 Å². The average Bonchev–Trinajstić information content (AvgIpc) is 2.90. The van der Waals surface area contributed by atoms with Crippen molar-refractivity contribution >= 4 is 17.6 Å². The number of aryl methyl sites for hydroxylation is 1. The van der Waals surface area contributed by atoms with Gasteiger partial charge in [-0.3, -0.25) is 10.1 Å². The van der Waals surface area contributed by atoms with Gasteiger partial charge in [0.2, 0.25) is 5.82 Å². The summed E-state index contributed by atoms with van der Waals surface area (Å²) >= 11 is 0. The fourth-order valence-corrected chi connectivity index (χ4v) is 3.25. The molecule has 1 aliphatic heterocycles. The molecule has 152 valence electrons. The Morgan fingerprint density at radius 3 is 2.63 bits per heavy atom. The van der Waals surface area contributed by atoms with E-state index in [2.05, 4.69) is 10.4 Å². The monoisotopic (exact) mass is 383 g/mol. The Morgan fingerprint density at radius 2 is 2.07 bits per heavy atom. The van der Waals surface area contributed by atoms with E-state index in [9.17, 15) is 14.9 Å². The van der Waals surface area contributed by atoms with Gasteiger partial charge >= 0.3 is 11.8 Å². The van der Waals surface area contributed by atoms with E-state index in [-0.39, 0.29) is 17.8 Å². The number of ether oxygens (including phenoxy) is 2. The number of hydrogen-bond donors (Lipinski definition) is 1. The van der Waals surface area contributed by atoms with Crippen LogP contribution in [0.15, 0.2) is 6.20 Å². The zero-order chi connectivity index (χ0) is 20.2. The largest absolute Gasteiger partial charge is 0.444 e. The van der Waals surface area contributed by atoms with Gasteiger partial charge in [-0.15, -0.1) is 0 Å². The first-order valence-electron chi connectivity index (χ1n) is 9.13. The standard InChI is InChI=1S/C17H29N5O5/c1-6-21-15(13(11-18-21)22(24)25)20-9-7-12(14(26-5)8-10-20)19-16(23)27-17(2,3)4/h11-12,14H,6-10H2,1-5H3,(H,19,23). The summed E-state index contributed by atoms with van der Waals surface area (Å²) in [5.74, 6) is 0.496. The molecule has 1 aromatic heterocycles. The zero-order valence-electron chi connectivity index (χ0n) is 16.6. The number of amides is 1. The van der Waals surface area contributed by atoms with Crippen LogP contribution in [0.5, 0.6) is 0 Å². The van der Waals surface area contributed by atoms with Crippen LogP contribution in [0.1, 0.15) is 40.5 Å². The molecule has 0 radical (unpaired) electrons. The lowest BCUT2D eigenvalue weighted by Gasteiger charge is -2.26. The fourth-order valence-electron chi connectivity index (χ4n) is 3.25. The molecule has 1 N–H and O–H groups in total. The molecule has 2 heterocycles. The first-order valence-corrected chi connectivity index (χ1v) is 9.13. The Bertz CT molecular complexity index is 669. The maximum atomic E-state index is 12.1. The van der Waals surface area contributed by atoms with Crippen molar-refractivity contribution in [2.45, 2.75) is 64.8 Å². The molecular weight excluding hydrogens is 354 g/mol. The summed E-state index contributed by atoms with van der Waals surface area (Å²) in [7, 11) is 1.60. The number of nitro groups is 1. The molecule has 2 rings (SSSR count). The minimum Gasteiger partial charge on any atom is -0.444 e. The van der Waals surface area contributed by atoms with Crippen LogP contribution < -0.4 is 10.2 Å². The van der Waals surface area contributed by atoms with Crippen molar-refractivity contribution in [1.82, 2.24) is 15.1 Å². The van der Waals surface area contributed by atoms with Gasteiger partial charge in [0.1, 0.15) is 11.8 Å². The summed E-state index contributed by atoms with van der Waals surface area (Å²) in [6.45, 7) is 8.95. The smallest absolute Gasteiger partial charge is 0.407 e. The molecule has 0 spiro atoms. The maximum Gasteiger partial charge on any atom is 0.407 e. The number of nitrogens with one attached hydrogen (secondary N) is 1. The van der Waals surface area contributed by atoms with E-state index in [1.807, 2.05) is 11.8 Å². The lowest BCUT2D eigenvalue weighted by atomic mass is 10.1. The molecule has 1 amide bonds. The molecule has 1 saturated heterocycles. The highest BCUT2D eigenvalue weighted by atomic mass is 16.6. The highest BCUT2D eigenvalue weighted by Gasteiger charge is 2.33. The van der Waals surface area contributed by atoms with Gasteiger partial charge in [0.05, 0.1) is 17.1 Å². The number of methoxy groups -OCH3 is 1. The predicted octanol–water partition coefficient (Wildman–Crippen LogP) is 2.32. The highest BCUT2D eigenvalue weighted by Crippen LogP contribution is 2.30. The molecule has 1 aliphatic rings. The molecule has 27 heavy (non-hydrogen) atoms. The fraction of sp³-hybridized carbons (Fsp3) is 0.765. The molecule has 0 aliphatic carbocycles. The molecule has 0 saturated carbocycles. The minimum atomic E-state index is -0.586. The van der Waals surface area contributed by atoms with Crippen LogP contribution >= 0.6 is 0 Å². The van der Waals surface area contributed by atoms with Gasteiger partial charge in [0.25, 0.3) is 0 Å². The second-order valence-corrected chi connectivity index (χ2v) is 7.52. The van der Waals surface area contributed by atoms with E-state index >= 15 is 0 Å². The number of carbonyl (C=O) groups is 1. The summed E-state index contributed by atoms with van der Waals surface area (Å²) in [5.41, 5.74) is -0.596. The number of aromatic nitrogens is 2. The summed E-state index contributed by atoms with van der Waals surface area (Å²) in [5, 5.41) is 18.4. The lowest BCUT2D eigenvalue weighted by molar-refractivity contribution is -0.384. The van der Waals surface area contributed by atoms with Gasteiger partial charge in [-0.05, 0) is 40.5 Å². The van der Waals surface area contributed by atoms with Crippen LogP contribution in [-0.4, -0.2) is 58.7 Å². The third-order valence-corrected chi connectivity index (χ3v) is 4.44. The van der Waals surface area contributed by atoms with Crippen LogP contribution in [0.4, 0.5) is 16.3 Å². The summed E-state index contributed by atoms with van der Waals surface area (Å²) < 4.78 is 12.5. The van der Waals surface area contributed by atoms with E-state index in [1.54, 1.807) is 32.6 Å². The number of rotatable bonds is 5. The SMILES string of the molecule is CCn1ncc([N+](=O)[O-])c1N1CCC(NC(=O)OC(C)(C)C)C(OC)CC1. The molecule has 10 heteroatoms. The highest BCUT2D eigenvalue weighted by molar-refractivity contribution is 5.68. The Balaban J connectivity index is 2.15. The van der Waals surface area contributed by atoms with Crippen LogP contribution in [0.2, 0.25) is 0 Å². The lowest BCUT2D eigenvalue weighted by Crippen LogP contribution is -2.46. The van der Waals surface area contributed by atoms with Crippen molar-refractivity contribution in [3.8, 4) is 0 Å². The number of nitrogens with zero attached hydrogens (tertiary/aromatic N) is 4. The van der Waals surface area contributed by atoms with Crippen LogP contribution in [0.25, 0.3) is 0 Å². The second kappa shape index (κ2) is 8.55. The number of hydrogen-bond acceptors (Lipinski definition) is 7. The Kier molecular flexibility index (Phi) is 6.63. The predicted molar refractivity (Wildman–Crippen MR) is 100.0 cm³/mol. The van der Waals surface area contributed by atoms with Crippen molar-refractivity contribution in [2.24, 2.45) is 0 Å². The van der Waals surface area contributed by atoms with E-state index < -0.39 is 16.6 Å². The van der Waals surface area contributed by atoms with E-state index in [0.717, 1.165) is 0 Å². The summed E-state index contributed by atoms with van der Waals surface area (Å²) in [6, 6.07) is -0.244. The molecule has 2 atom stereocenters. The van der Waals surface area contributed by atoms with Crippen molar-refractivity contribution < 1.29 is 19.2 Å². The third kappa shape index (κ3) is 5.31. The van der Waals surface area contributed by atoms with Crippen molar-refractivity contribution in [1.29, 1.82) is 0 Å². The van der Waals surface area contributed by atoms with Crippen molar-refractivity contribution in [3.63, 3.8) is 0 Å². The molecular formula is C17H29N5O5. The second-order valence-electron chi connectivity index (χ2n) is 7.52. The number of anilines is 1. The Hall–Kier alpha value is -2.36. The number of alkyl carbamates (subject to hydrolysis) is 1. The van der Waals surface area contributed by atoms with Gasteiger partial charge in [-0.1, -0.05) is 0 Å². The maximum absolute atomic E-state index is 12.1. The first kappa shape index (κ1) is 20.9. The average molecular weight is 383 g/mol. The van der Waals surface area contributed by atoms with Crippen molar-refractivity contribution in [2.75, 3.05) is 25.1 Å². The Morgan fingerprint density at radius 1 is 1.41 bits per heavy atom. The quantitative estimate of drug-likeness (QED) is 0.613. The molecule has 2 unspecified atom stereocenters. The van der Waals surface area contributed by atoms with E-state index in [4.69, 9.17) is 9.47 Å². The molecule has 1 fully saturated rings. The molecule has 10 nitrogen and oxygen atoms in total. The number of carbonyl (C=O) groups excluding carboxylic acids is 1. The molecule has 0 aromatic carbocycles. The van der Waals surface area contributed by atoms with Gasteiger partial charge in [0, 0.05) is 26.7 Å². The van der Waals surface area contributed by atoms with Crippen LogP contribution in [0.3, 0.4) is 0 Å². The minimum absolute atomic E-state index is 0.00984. The van der Waals surface area contributed by atoms with E-state index in [1.165, 1.54) is 6.20 Å². The van der Waals surface area contributed by atoms with Crippen LogP contribution in [-0.2, 0) is 16.0 Å². The van der Waals surface area contributed by atoms with Gasteiger partial charge in [-0.25, -0.2) is 9.48 Å². The third-order valence-electron chi connectivity index (χ3n) is 4.44. The van der Waals surface area contributed by atoms with Gasteiger partial charge < -0.3 is 19.7 Å². The van der Waals surface area contributed by atoms with E-state index in [0.29, 0.717) is 38.3 Å². The normalized spacial score (nSPS) is 20.9. The summed E-state index contributed by atoms with van der Waals surface area (Å²) in [4.78, 5) is 25.0. The Labute approximate surface area is 158 Å². The topological polar surface area (TPSA) is 112 Å². The zero-order valence-corrected chi connectivity index (χ0v) is 16.6. The van der Waals surface area contributed by atoms with Gasteiger partial charge in [0.15, 0.2) is 0 Å². The first-order chi connectivity index (χ1) is 12.7.